The van der Waals surface area contributed by atoms with Gasteiger partial charge < -0.3 is 20.1 Å². The molecular weight excluding hydrogens is 454 g/mol. The van der Waals surface area contributed by atoms with Crippen molar-refractivity contribution in [1.82, 2.24) is 20.2 Å². The van der Waals surface area contributed by atoms with Gasteiger partial charge in [0.15, 0.2) is 0 Å². The van der Waals surface area contributed by atoms with Crippen LogP contribution in [-0.4, -0.2) is 72.3 Å². The van der Waals surface area contributed by atoms with E-state index in [0.717, 1.165) is 73.8 Å². The highest BCUT2D eigenvalue weighted by atomic mass is 16.5. The second-order valence-corrected chi connectivity index (χ2v) is 10.7. The Morgan fingerprint density at radius 1 is 1.06 bits per heavy atom. The number of carbonyl (C=O) groups excluding carboxylic acids is 1. The molecule has 1 aromatic heterocycles. The van der Waals surface area contributed by atoms with Crippen LogP contribution in [-0.2, 0) is 4.74 Å². The van der Waals surface area contributed by atoms with Gasteiger partial charge in [0.2, 0.25) is 0 Å². The summed E-state index contributed by atoms with van der Waals surface area (Å²) in [4.78, 5) is 24.5. The Morgan fingerprint density at radius 2 is 1.92 bits per heavy atom. The van der Waals surface area contributed by atoms with Crippen molar-refractivity contribution in [3.63, 3.8) is 0 Å². The topological polar surface area (TPSA) is 88.6 Å². The summed E-state index contributed by atoms with van der Waals surface area (Å²) in [7, 11) is 0. The van der Waals surface area contributed by atoms with Crippen LogP contribution < -0.4 is 15.4 Å². The van der Waals surface area contributed by atoms with Crippen LogP contribution in [0.15, 0.2) is 30.6 Å². The molecule has 2 saturated carbocycles. The first-order valence-corrected chi connectivity index (χ1v) is 13.5. The second-order valence-electron chi connectivity index (χ2n) is 10.7. The molecule has 3 fully saturated rings. The number of anilines is 1. The first-order chi connectivity index (χ1) is 17.7. The third kappa shape index (κ3) is 4.06. The molecule has 3 aliphatic carbocycles. The SMILES string of the molecule is O=C1NCCOc2cc(C3=C[C@H]4CC4c4ncnc(NC5CCC(N6CCOCC6)CC5)c43)ccc21. The standard InChI is InChI=1S/C28H33N5O3/c34-28-21-6-1-17(15-24(21)36-10-7-29-28)22-13-18-14-23(18)26-25(22)27(31-16-30-26)32-19-2-4-20(5-3-19)33-8-11-35-12-9-33/h1,6,13,15-16,18-20,23H,2-5,7-12,14H2,(H,29,34)(H,30,31,32)/t18-,19?,20?,23?/m0/s1. The Labute approximate surface area is 211 Å². The summed E-state index contributed by atoms with van der Waals surface area (Å²) in [5, 5.41) is 6.71. The molecular formula is C28H33N5O3. The maximum Gasteiger partial charge on any atom is 0.255 e. The number of amides is 1. The zero-order valence-electron chi connectivity index (χ0n) is 20.5. The van der Waals surface area contributed by atoms with E-state index in [0.29, 0.717) is 48.4 Å². The summed E-state index contributed by atoms with van der Waals surface area (Å²) in [6.07, 6.45) is 9.96. The van der Waals surface area contributed by atoms with Crippen molar-refractivity contribution >= 4 is 17.3 Å². The molecule has 0 bridgehead atoms. The Bertz CT molecular complexity index is 1200. The molecule has 2 N–H and O–H groups in total. The third-order valence-electron chi connectivity index (χ3n) is 8.50. The van der Waals surface area contributed by atoms with Gasteiger partial charge in [0, 0.05) is 36.7 Å². The number of hydrogen-bond acceptors (Lipinski definition) is 7. The number of allylic oxidation sites excluding steroid dienone is 1. The van der Waals surface area contributed by atoms with Gasteiger partial charge in [-0.05, 0) is 61.3 Å². The number of aromatic nitrogens is 2. The average molecular weight is 488 g/mol. The number of morpholine rings is 1. The lowest BCUT2D eigenvalue weighted by Gasteiger charge is -2.39. The third-order valence-corrected chi connectivity index (χ3v) is 8.50. The Hall–Kier alpha value is -2.97. The maximum atomic E-state index is 12.4. The van der Waals surface area contributed by atoms with E-state index in [2.05, 4.69) is 21.6 Å². The molecule has 36 heavy (non-hydrogen) atoms. The van der Waals surface area contributed by atoms with Gasteiger partial charge in [0.1, 0.15) is 24.5 Å². The normalized spacial score (nSPS) is 29.4. The van der Waals surface area contributed by atoms with Crippen LogP contribution >= 0.6 is 0 Å². The van der Waals surface area contributed by atoms with E-state index in [9.17, 15) is 4.79 Å². The summed E-state index contributed by atoms with van der Waals surface area (Å²) < 4.78 is 11.5. The van der Waals surface area contributed by atoms with Crippen molar-refractivity contribution in [3.05, 3.63) is 53.0 Å². The maximum absolute atomic E-state index is 12.4. The molecule has 0 radical (unpaired) electrons. The lowest BCUT2D eigenvalue weighted by atomic mass is 9.87. The van der Waals surface area contributed by atoms with Gasteiger partial charge in [-0.1, -0.05) is 12.1 Å². The molecule has 1 saturated heterocycles. The average Bonchev–Trinajstić information content (AvgIpc) is 3.73. The van der Waals surface area contributed by atoms with E-state index < -0.39 is 0 Å². The fourth-order valence-corrected chi connectivity index (χ4v) is 6.45. The molecule has 2 atom stereocenters. The van der Waals surface area contributed by atoms with E-state index in [1.54, 1.807) is 6.33 Å². The number of rotatable bonds is 4. The van der Waals surface area contributed by atoms with Crippen molar-refractivity contribution < 1.29 is 14.3 Å². The molecule has 1 amide bonds. The quantitative estimate of drug-likeness (QED) is 0.685. The van der Waals surface area contributed by atoms with Gasteiger partial charge in [-0.25, -0.2) is 9.97 Å². The van der Waals surface area contributed by atoms with Crippen LogP contribution in [0.5, 0.6) is 5.75 Å². The minimum atomic E-state index is -0.0762. The Balaban J connectivity index is 1.15. The largest absolute Gasteiger partial charge is 0.491 e. The monoisotopic (exact) mass is 487 g/mol. The molecule has 188 valence electrons. The van der Waals surface area contributed by atoms with Gasteiger partial charge in [-0.2, -0.15) is 0 Å². The predicted octanol–water partition coefficient (Wildman–Crippen LogP) is 3.20. The van der Waals surface area contributed by atoms with Crippen molar-refractivity contribution in [2.75, 3.05) is 44.8 Å². The Kier molecular flexibility index (Phi) is 5.66. The fourth-order valence-electron chi connectivity index (χ4n) is 6.45. The number of nitrogens with one attached hydrogen (secondary N) is 2. The molecule has 8 heteroatoms. The van der Waals surface area contributed by atoms with E-state index in [4.69, 9.17) is 19.4 Å². The van der Waals surface area contributed by atoms with Gasteiger partial charge >= 0.3 is 0 Å². The minimum Gasteiger partial charge on any atom is -0.491 e. The lowest BCUT2D eigenvalue weighted by Crippen LogP contribution is -2.46. The summed E-state index contributed by atoms with van der Waals surface area (Å²) in [5.41, 5.74) is 5.10. The number of nitrogens with zero attached hydrogens (tertiary/aromatic N) is 3. The van der Waals surface area contributed by atoms with Crippen LogP contribution in [0.25, 0.3) is 5.57 Å². The first-order valence-electron chi connectivity index (χ1n) is 13.5. The molecule has 5 aliphatic rings. The highest BCUT2D eigenvalue weighted by molar-refractivity contribution is 5.98. The summed E-state index contributed by atoms with van der Waals surface area (Å²) >= 11 is 0. The zero-order chi connectivity index (χ0) is 24.1. The van der Waals surface area contributed by atoms with E-state index >= 15 is 0 Å². The van der Waals surface area contributed by atoms with Crippen molar-refractivity contribution in [1.29, 1.82) is 0 Å². The van der Waals surface area contributed by atoms with E-state index in [-0.39, 0.29) is 5.91 Å². The highest BCUT2D eigenvalue weighted by Gasteiger charge is 2.44. The van der Waals surface area contributed by atoms with Crippen LogP contribution in [0, 0.1) is 5.92 Å². The molecule has 2 aromatic rings. The smallest absolute Gasteiger partial charge is 0.255 e. The molecule has 3 heterocycles. The minimum absolute atomic E-state index is 0.0762. The first kappa shape index (κ1) is 22.2. The molecule has 1 unspecified atom stereocenters. The van der Waals surface area contributed by atoms with E-state index in [1.165, 1.54) is 12.8 Å². The van der Waals surface area contributed by atoms with Crippen LogP contribution in [0.3, 0.4) is 0 Å². The summed E-state index contributed by atoms with van der Waals surface area (Å²) in [5.74, 6) is 2.54. The van der Waals surface area contributed by atoms with Crippen LogP contribution in [0.4, 0.5) is 5.82 Å². The van der Waals surface area contributed by atoms with Gasteiger partial charge in [-0.15, -0.1) is 0 Å². The summed E-state index contributed by atoms with van der Waals surface area (Å²) in [6.45, 7) is 4.84. The van der Waals surface area contributed by atoms with Gasteiger partial charge in [-0.3, -0.25) is 9.69 Å². The molecule has 0 spiro atoms. The number of fused-ring (bicyclic) bond motifs is 4. The van der Waals surface area contributed by atoms with Crippen molar-refractivity contribution in [2.24, 2.45) is 5.92 Å². The van der Waals surface area contributed by atoms with Crippen molar-refractivity contribution in [3.8, 4) is 5.75 Å². The number of carbonyl (C=O) groups is 1. The van der Waals surface area contributed by atoms with E-state index in [1.807, 2.05) is 18.2 Å². The highest BCUT2D eigenvalue weighted by Crippen LogP contribution is 2.56. The van der Waals surface area contributed by atoms with Gasteiger partial charge in [0.05, 0.1) is 31.0 Å². The molecule has 8 nitrogen and oxygen atoms in total. The van der Waals surface area contributed by atoms with Crippen LogP contribution in [0.2, 0.25) is 0 Å². The number of benzene rings is 1. The number of hydrogen-bond donors (Lipinski definition) is 2. The van der Waals surface area contributed by atoms with Crippen LogP contribution in [0.1, 0.15) is 65.2 Å². The number of ether oxygens (including phenoxy) is 2. The zero-order valence-corrected chi connectivity index (χ0v) is 20.5. The Morgan fingerprint density at radius 3 is 2.78 bits per heavy atom. The predicted molar refractivity (Wildman–Crippen MR) is 136 cm³/mol. The molecule has 1 aromatic carbocycles. The second kappa shape index (κ2) is 9.16. The lowest BCUT2D eigenvalue weighted by molar-refractivity contribution is 0.00790. The molecule has 7 rings (SSSR count). The fraction of sp³-hybridized carbons (Fsp3) is 0.536. The summed E-state index contributed by atoms with van der Waals surface area (Å²) in [6, 6.07) is 7.03. The molecule has 2 aliphatic heterocycles. The van der Waals surface area contributed by atoms with Gasteiger partial charge in [0.25, 0.3) is 5.91 Å². The van der Waals surface area contributed by atoms with Crippen molar-refractivity contribution in [2.45, 2.75) is 50.1 Å².